The minimum Gasteiger partial charge on any atom is -0.390 e. The Morgan fingerprint density at radius 3 is 2.68 bits per heavy atom. The van der Waals surface area contributed by atoms with Gasteiger partial charge in [0, 0.05) is 24.9 Å². The molecule has 5 aliphatic rings. The van der Waals surface area contributed by atoms with Crippen molar-refractivity contribution in [2.75, 3.05) is 13.1 Å². The molecular weight excluding hydrogens is 348 g/mol. The predicted octanol–water partition coefficient (Wildman–Crippen LogP) is 4.58. The summed E-state index contributed by atoms with van der Waals surface area (Å²) in [5.41, 5.74) is 1.73. The number of ketones is 1. The van der Waals surface area contributed by atoms with Gasteiger partial charge in [-0.05, 0) is 80.0 Å². The van der Waals surface area contributed by atoms with Crippen LogP contribution in [0, 0.1) is 40.4 Å². The first-order chi connectivity index (χ1) is 13.5. The summed E-state index contributed by atoms with van der Waals surface area (Å²) < 4.78 is 0. The summed E-state index contributed by atoms with van der Waals surface area (Å²) in [4.78, 5) is 18.5. The Labute approximate surface area is 170 Å². The lowest BCUT2D eigenvalue weighted by atomic mass is 9.42. The van der Waals surface area contributed by atoms with Crippen LogP contribution in [0.1, 0.15) is 78.6 Å². The minimum absolute atomic E-state index is 0.0102. The van der Waals surface area contributed by atoms with E-state index < -0.39 is 0 Å². The van der Waals surface area contributed by atoms with Crippen molar-refractivity contribution in [3.05, 3.63) is 0 Å². The van der Waals surface area contributed by atoms with E-state index in [1.54, 1.807) is 0 Å². The molecule has 4 saturated carbocycles. The minimum atomic E-state index is -0.0102. The maximum atomic E-state index is 12.7. The van der Waals surface area contributed by atoms with Gasteiger partial charge in [-0.1, -0.05) is 32.3 Å². The van der Waals surface area contributed by atoms with Crippen molar-refractivity contribution >= 4 is 11.5 Å². The summed E-state index contributed by atoms with van der Waals surface area (Å²) in [6.45, 7) is 9.17. The van der Waals surface area contributed by atoms with Gasteiger partial charge in [0.1, 0.15) is 5.78 Å². The number of hydrogen-bond donors (Lipinski definition) is 1. The molecule has 1 unspecified atom stereocenters. The van der Waals surface area contributed by atoms with E-state index in [0.29, 0.717) is 17.1 Å². The predicted molar refractivity (Wildman–Crippen MR) is 111 cm³/mol. The molecule has 1 aliphatic heterocycles. The zero-order chi connectivity index (χ0) is 19.5. The highest BCUT2D eigenvalue weighted by Crippen LogP contribution is 2.67. The van der Waals surface area contributed by atoms with E-state index in [-0.39, 0.29) is 11.5 Å². The molecule has 5 fully saturated rings. The molecule has 4 heteroatoms. The van der Waals surface area contributed by atoms with Crippen LogP contribution < -0.4 is 5.32 Å². The van der Waals surface area contributed by atoms with E-state index in [2.05, 4.69) is 31.2 Å². The van der Waals surface area contributed by atoms with E-state index in [9.17, 15) is 4.79 Å². The second kappa shape index (κ2) is 6.82. The van der Waals surface area contributed by atoms with Crippen LogP contribution >= 0.6 is 0 Å². The van der Waals surface area contributed by atoms with Gasteiger partial charge >= 0.3 is 0 Å². The van der Waals surface area contributed by atoms with Gasteiger partial charge in [-0.3, -0.25) is 4.79 Å². The lowest BCUT2D eigenvalue weighted by Gasteiger charge is -2.62. The van der Waals surface area contributed by atoms with Crippen LogP contribution in [0.15, 0.2) is 5.16 Å². The molecule has 4 aliphatic carbocycles. The highest BCUT2D eigenvalue weighted by atomic mass is 16.6. The van der Waals surface area contributed by atoms with Crippen LogP contribution in [0.25, 0.3) is 0 Å². The van der Waals surface area contributed by atoms with Crippen LogP contribution in [0.4, 0.5) is 0 Å². The molecule has 1 N–H and O–H groups in total. The summed E-state index contributed by atoms with van der Waals surface area (Å²) in [5.74, 6) is 4.32. The molecule has 0 amide bonds. The Morgan fingerprint density at radius 2 is 1.96 bits per heavy atom. The lowest BCUT2D eigenvalue weighted by Crippen LogP contribution is -2.56. The summed E-state index contributed by atoms with van der Waals surface area (Å²) in [6, 6.07) is 0. The van der Waals surface area contributed by atoms with Gasteiger partial charge in [-0.2, -0.15) is 0 Å². The monoisotopic (exact) mass is 386 g/mol. The maximum absolute atomic E-state index is 12.7. The number of carbonyl (C=O) groups is 1. The highest BCUT2D eigenvalue weighted by Gasteiger charge is 2.62. The molecule has 7 atom stereocenters. The molecule has 156 valence electrons. The first-order valence-corrected chi connectivity index (χ1v) is 11.9. The fourth-order valence-electron chi connectivity index (χ4n) is 8.00. The SMILES string of the molecule is CC[C@@H]1CC2CC(=NOC3CNC3)CC[C@]2(C)[C@H]2CC[C@]3(C)C(=O)CC[C@H]3[C@H]12. The number of Topliss-reactive ketones (excluding diaryl/α,β-unsaturated/α-hetero) is 1. The molecule has 0 aromatic rings. The third-order valence-corrected chi connectivity index (χ3v) is 9.99. The number of oxime groups is 1. The Kier molecular flexibility index (Phi) is 4.65. The largest absolute Gasteiger partial charge is 0.390 e. The van der Waals surface area contributed by atoms with E-state index >= 15 is 0 Å². The molecular formula is C24H38N2O2. The van der Waals surface area contributed by atoms with Crippen LogP contribution in [-0.4, -0.2) is 30.7 Å². The molecule has 0 aromatic heterocycles. The van der Waals surface area contributed by atoms with Crippen LogP contribution in [0.2, 0.25) is 0 Å². The summed E-state index contributed by atoms with van der Waals surface area (Å²) in [7, 11) is 0. The standard InChI is InChI=1S/C24H38N2O2/c1-4-15-11-16-12-17(26-28-18-13-25-14-18)7-9-23(16,2)20-8-10-24(3)19(22(15)20)5-6-21(24)27/h15-16,18-20,22,25H,4-14H2,1-3H3/t15-,16?,19+,20+,22+,23+,24+/m1/s1. The molecule has 1 saturated heterocycles. The van der Waals surface area contributed by atoms with Gasteiger partial charge in [-0.25, -0.2) is 0 Å². The van der Waals surface area contributed by atoms with Crippen molar-refractivity contribution < 1.29 is 9.63 Å². The van der Waals surface area contributed by atoms with E-state index in [4.69, 9.17) is 4.84 Å². The van der Waals surface area contributed by atoms with Crippen molar-refractivity contribution in [3.8, 4) is 0 Å². The smallest absolute Gasteiger partial charge is 0.152 e. The zero-order valence-corrected chi connectivity index (χ0v) is 18.0. The first kappa shape index (κ1) is 19.1. The Balaban J connectivity index is 1.38. The molecule has 1 heterocycles. The number of nitrogens with zero attached hydrogens (tertiary/aromatic N) is 1. The number of carbonyl (C=O) groups excluding carboxylic acids is 1. The fraction of sp³-hybridized carbons (Fsp3) is 0.917. The average molecular weight is 387 g/mol. The van der Waals surface area contributed by atoms with Crippen molar-refractivity contribution in [3.63, 3.8) is 0 Å². The molecule has 5 rings (SSSR count). The van der Waals surface area contributed by atoms with Gasteiger partial charge in [0.15, 0.2) is 6.10 Å². The number of fused-ring (bicyclic) bond motifs is 5. The maximum Gasteiger partial charge on any atom is 0.152 e. The van der Waals surface area contributed by atoms with Gasteiger partial charge < -0.3 is 10.2 Å². The molecule has 0 bridgehead atoms. The fourth-order valence-corrected chi connectivity index (χ4v) is 8.00. The summed E-state index contributed by atoms with van der Waals surface area (Å²) in [5, 5.41) is 7.84. The summed E-state index contributed by atoms with van der Waals surface area (Å²) in [6.07, 6.45) is 10.8. The van der Waals surface area contributed by atoms with Gasteiger partial charge in [-0.15, -0.1) is 0 Å². The molecule has 0 spiro atoms. The Bertz CT molecular complexity index is 672. The first-order valence-electron chi connectivity index (χ1n) is 11.9. The normalized spacial score (nSPS) is 49.9. The number of rotatable bonds is 3. The quantitative estimate of drug-likeness (QED) is 0.722. The van der Waals surface area contributed by atoms with Crippen molar-refractivity contribution in [2.24, 2.45) is 45.6 Å². The average Bonchev–Trinajstić information content (AvgIpc) is 2.95. The molecule has 4 nitrogen and oxygen atoms in total. The zero-order valence-electron chi connectivity index (χ0n) is 18.0. The van der Waals surface area contributed by atoms with Gasteiger partial charge in [0.2, 0.25) is 0 Å². The molecule has 28 heavy (non-hydrogen) atoms. The van der Waals surface area contributed by atoms with Crippen LogP contribution in [-0.2, 0) is 9.63 Å². The second-order valence-corrected chi connectivity index (χ2v) is 11.1. The molecule has 0 radical (unpaired) electrons. The second-order valence-electron chi connectivity index (χ2n) is 11.1. The Hall–Kier alpha value is -0.900. The Morgan fingerprint density at radius 1 is 1.14 bits per heavy atom. The van der Waals surface area contributed by atoms with Crippen LogP contribution in [0.5, 0.6) is 0 Å². The van der Waals surface area contributed by atoms with Crippen molar-refractivity contribution in [1.82, 2.24) is 5.32 Å². The summed E-state index contributed by atoms with van der Waals surface area (Å²) >= 11 is 0. The highest BCUT2D eigenvalue weighted by molar-refractivity contribution is 5.87. The van der Waals surface area contributed by atoms with Crippen molar-refractivity contribution in [2.45, 2.75) is 84.7 Å². The van der Waals surface area contributed by atoms with Gasteiger partial charge in [0.05, 0.1) is 5.71 Å². The number of nitrogens with one attached hydrogen (secondary N) is 1. The van der Waals surface area contributed by atoms with E-state index in [0.717, 1.165) is 68.9 Å². The van der Waals surface area contributed by atoms with Gasteiger partial charge in [0.25, 0.3) is 0 Å². The van der Waals surface area contributed by atoms with E-state index in [1.165, 1.54) is 31.4 Å². The van der Waals surface area contributed by atoms with Crippen molar-refractivity contribution in [1.29, 1.82) is 0 Å². The topological polar surface area (TPSA) is 50.7 Å². The van der Waals surface area contributed by atoms with E-state index in [1.807, 2.05) is 0 Å². The molecule has 0 aromatic carbocycles. The third kappa shape index (κ3) is 2.73. The third-order valence-electron chi connectivity index (χ3n) is 9.99. The van der Waals surface area contributed by atoms with Crippen LogP contribution in [0.3, 0.4) is 0 Å². The lowest BCUT2D eigenvalue weighted by molar-refractivity contribution is -0.145. The number of hydrogen-bond acceptors (Lipinski definition) is 4.